The zero-order valence-corrected chi connectivity index (χ0v) is 10.6. The average Bonchev–Trinajstić information content (AvgIpc) is 2.29. The number of hydrogen-bond acceptors (Lipinski definition) is 3. The van der Waals surface area contributed by atoms with Crippen LogP contribution < -0.4 is 5.43 Å². The number of rotatable bonds is 5. The van der Waals surface area contributed by atoms with Crippen LogP contribution in [0.1, 0.15) is 45.0 Å². The lowest BCUT2D eigenvalue weighted by molar-refractivity contribution is 0.556. The van der Waals surface area contributed by atoms with Crippen molar-refractivity contribution in [3.8, 4) is 0 Å². The first-order valence-corrected chi connectivity index (χ1v) is 5.93. The molecule has 16 heavy (non-hydrogen) atoms. The maximum absolute atomic E-state index is 4.48. The van der Waals surface area contributed by atoms with Gasteiger partial charge in [0, 0.05) is 11.7 Å². The molecule has 0 aliphatic carbocycles. The summed E-state index contributed by atoms with van der Waals surface area (Å²) >= 11 is 0. The molecule has 0 spiro atoms. The zero-order valence-electron chi connectivity index (χ0n) is 10.6. The Bertz CT molecular complexity index is 358. The van der Waals surface area contributed by atoms with Crippen molar-refractivity contribution < 1.29 is 0 Å². The smallest absolute Gasteiger partial charge is 0.0865 e. The Labute approximate surface area is 98.0 Å². The van der Waals surface area contributed by atoms with Gasteiger partial charge < -0.3 is 5.43 Å². The summed E-state index contributed by atoms with van der Waals surface area (Å²) in [7, 11) is 0. The van der Waals surface area contributed by atoms with Gasteiger partial charge in [0.25, 0.3) is 0 Å². The molecular weight excluding hydrogens is 198 g/mol. The van der Waals surface area contributed by atoms with Crippen LogP contribution in [-0.4, -0.2) is 16.7 Å². The Morgan fingerprint density at radius 2 is 2.19 bits per heavy atom. The predicted molar refractivity (Wildman–Crippen MR) is 68.7 cm³/mol. The van der Waals surface area contributed by atoms with E-state index in [1.807, 2.05) is 25.1 Å². The van der Waals surface area contributed by atoms with Crippen LogP contribution in [0.4, 0.5) is 0 Å². The Morgan fingerprint density at radius 1 is 1.44 bits per heavy atom. The molecule has 0 aliphatic heterocycles. The molecular formula is C13H21N3. The Balaban J connectivity index is 2.81. The highest BCUT2D eigenvalue weighted by atomic mass is 15.3. The predicted octanol–water partition coefficient (Wildman–Crippen LogP) is 2.89. The standard InChI is InChI=1S/C13H21N3/c1-5-10(3)15-16-12(6-2)13-9-7-8-11(4)14-13/h7-10,15H,5-6H2,1-4H3/b16-12+. The second-order valence-corrected chi connectivity index (χ2v) is 4.01. The summed E-state index contributed by atoms with van der Waals surface area (Å²) in [6.07, 6.45) is 1.96. The number of hydrogen-bond donors (Lipinski definition) is 1. The molecule has 1 aromatic heterocycles. The number of aryl methyl sites for hydroxylation is 1. The second kappa shape index (κ2) is 6.26. The van der Waals surface area contributed by atoms with Gasteiger partial charge in [0.15, 0.2) is 0 Å². The van der Waals surface area contributed by atoms with Gasteiger partial charge in [-0.3, -0.25) is 4.98 Å². The molecule has 1 N–H and O–H groups in total. The van der Waals surface area contributed by atoms with Crippen LogP contribution in [0.3, 0.4) is 0 Å². The van der Waals surface area contributed by atoms with Crippen LogP contribution in [0.2, 0.25) is 0 Å². The van der Waals surface area contributed by atoms with Gasteiger partial charge in [0.1, 0.15) is 0 Å². The normalized spacial score (nSPS) is 13.6. The zero-order chi connectivity index (χ0) is 12.0. The molecule has 0 bridgehead atoms. The maximum Gasteiger partial charge on any atom is 0.0865 e. The van der Waals surface area contributed by atoms with Crippen molar-refractivity contribution in [1.82, 2.24) is 10.4 Å². The average molecular weight is 219 g/mol. The van der Waals surface area contributed by atoms with E-state index in [-0.39, 0.29) is 0 Å². The third kappa shape index (κ3) is 3.65. The van der Waals surface area contributed by atoms with Gasteiger partial charge >= 0.3 is 0 Å². The minimum absolute atomic E-state index is 0.409. The van der Waals surface area contributed by atoms with Crippen molar-refractivity contribution in [2.45, 2.75) is 46.6 Å². The summed E-state index contributed by atoms with van der Waals surface area (Å²) in [4.78, 5) is 4.48. The molecule has 1 atom stereocenters. The first kappa shape index (κ1) is 12.7. The molecule has 88 valence electrons. The van der Waals surface area contributed by atoms with E-state index in [4.69, 9.17) is 0 Å². The fraction of sp³-hybridized carbons (Fsp3) is 0.538. The van der Waals surface area contributed by atoms with E-state index in [1.165, 1.54) is 0 Å². The highest BCUT2D eigenvalue weighted by Gasteiger charge is 2.03. The molecule has 1 aromatic rings. The van der Waals surface area contributed by atoms with Crippen molar-refractivity contribution in [3.63, 3.8) is 0 Å². The molecule has 1 rings (SSSR count). The minimum atomic E-state index is 0.409. The molecule has 0 amide bonds. The van der Waals surface area contributed by atoms with Crippen molar-refractivity contribution in [3.05, 3.63) is 29.6 Å². The van der Waals surface area contributed by atoms with Gasteiger partial charge in [-0.2, -0.15) is 5.10 Å². The molecule has 3 nitrogen and oxygen atoms in total. The SMILES string of the molecule is CC/C(=N\NC(C)CC)c1cccc(C)n1. The molecule has 0 fully saturated rings. The maximum atomic E-state index is 4.48. The second-order valence-electron chi connectivity index (χ2n) is 4.01. The van der Waals surface area contributed by atoms with Crippen LogP contribution in [0.25, 0.3) is 0 Å². The van der Waals surface area contributed by atoms with Crippen molar-refractivity contribution >= 4 is 5.71 Å². The summed E-state index contributed by atoms with van der Waals surface area (Å²) in [5.41, 5.74) is 6.17. The summed E-state index contributed by atoms with van der Waals surface area (Å²) < 4.78 is 0. The Kier molecular flexibility index (Phi) is 4.96. The van der Waals surface area contributed by atoms with E-state index in [1.54, 1.807) is 0 Å². The molecule has 0 aromatic carbocycles. The van der Waals surface area contributed by atoms with Gasteiger partial charge in [-0.05, 0) is 38.8 Å². The van der Waals surface area contributed by atoms with Crippen LogP contribution in [0, 0.1) is 6.92 Å². The number of nitrogens with zero attached hydrogens (tertiary/aromatic N) is 2. The molecule has 0 saturated carbocycles. The fourth-order valence-electron chi connectivity index (χ4n) is 1.30. The number of hydrazone groups is 1. The Hall–Kier alpha value is -1.38. The minimum Gasteiger partial charge on any atom is -0.307 e. The summed E-state index contributed by atoms with van der Waals surface area (Å²) in [6.45, 7) is 8.37. The molecule has 1 unspecified atom stereocenters. The van der Waals surface area contributed by atoms with E-state index >= 15 is 0 Å². The highest BCUT2D eigenvalue weighted by molar-refractivity contribution is 5.98. The summed E-state index contributed by atoms with van der Waals surface area (Å²) in [6, 6.07) is 6.44. The lowest BCUT2D eigenvalue weighted by atomic mass is 10.2. The molecule has 0 radical (unpaired) electrons. The van der Waals surface area contributed by atoms with Crippen LogP contribution in [-0.2, 0) is 0 Å². The third-order valence-corrected chi connectivity index (χ3v) is 2.55. The van der Waals surface area contributed by atoms with Crippen LogP contribution in [0.5, 0.6) is 0 Å². The fourth-order valence-corrected chi connectivity index (χ4v) is 1.30. The van der Waals surface area contributed by atoms with Gasteiger partial charge in [0.2, 0.25) is 0 Å². The van der Waals surface area contributed by atoms with E-state index in [0.717, 1.165) is 29.9 Å². The number of aromatic nitrogens is 1. The quantitative estimate of drug-likeness (QED) is 0.610. The van der Waals surface area contributed by atoms with Gasteiger partial charge in [0.05, 0.1) is 11.4 Å². The monoisotopic (exact) mass is 219 g/mol. The first-order chi connectivity index (χ1) is 7.67. The van der Waals surface area contributed by atoms with Gasteiger partial charge in [-0.1, -0.05) is 19.9 Å². The summed E-state index contributed by atoms with van der Waals surface area (Å²) in [5.74, 6) is 0. The van der Waals surface area contributed by atoms with Crippen molar-refractivity contribution in [2.24, 2.45) is 5.10 Å². The number of nitrogens with one attached hydrogen (secondary N) is 1. The molecule has 3 heteroatoms. The largest absolute Gasteiger partial charge is 0.307 e. The molecule has 0 saturated heterocycles. The third-order valence-electron chi connectivity index (χ3n) is 2.55. The molecule has 0 aliphatic rings. The van der Waals surface area contributed by atoms with E-state index < -0.39 is 0 Å². The van der Waals surface area contributed by atoms with E-state index in [2.05, 4.69) is 36.3 Å². The summed E-state index contributed by atoms with van der Waals surface area (Å²) in [5, 5.41) is 4.43. The van der Waals surface area contributed by atoms with Crippen LogP contribution >= 0.6 is 0 Å². The first-order valence-electron chi connectivity index (χ1n) is 5.93. The van der Waals surface area contributed by atoms with Crippen molar-refractivity contribution in [1.29, 1.82) is 0 Å². The number of pyridine rings is 1. The van der Waals surface area contributed by atoms with Crippen molar-refractivity contribution in [2.75, 3.05) is 0 Å². The topological polar surface area (TPSA) is 37.3 Å². The lowest BCUT2D eigenvalue weighted by Gasteiger charge is -2.10. The Morgan fingerprint density at radius 3 is 2.75 bits per heavy atom. The van der Waals surface area contributed by atoms with Gasteiger partial charge in [-0.15, -0.1) is 0 Å². The van der Waals surface area contributed by atoms with E-state index in [0.29, 0.717) is 6.04 Å². The van der Waals surface area contributed by atoms with Gasteiger partial charge in [-0.25, -0.2) is 0 Å². The lowest BCUT2D eigenvalue weighted by Crippen LogP contribution is -2.21. The van der Waals surface area contributed by atoms with Crippen LogP contribution in [0.15, 0.2) is 23.3 Å². The highest BCUT2D eigenvalue weighted by Crippen LogP contribution is 2.03. The van der Waals surface area contributed by atoms with E-state index in [9.17, 15) is 0 Å². The molecule has 1 heterocycles.